The van der Waals surface area contributed by atoms with Crippen LogP contribution in [-0.4, -0.2) is 24.5 Å². The van der Waals surface area contributed by atoms with Crippen LogP contribution in [0.15, 0.2) is 176 Å². The summed E-state index contributed by atoms with van der Waals surface area (Å²) in [6.45, 7) is 0. The molecule has 3 heterocycles. The van der Waals surface area contributed by atoms with Gasteiger partial charge in [0.15, 0.2) is 17.5 Å². The van der Waals surface area contributed by atoms with E-state index < -0.39 is 0 Å². The van der Waals surface area contributed by atoms with E-state index in [-0.39, 0.29) is 0 Å². The van der Waals surface area contributed by atoms with Crippen LogP contribution in [0.5, 0.6) is 0 Å². The highest BCUT2D eigenvalue weighted by Gasteiger charge is 2.20. The summed E-state index contributed by atoms with van der Waals surface area (Å²) in [4.78, 5) is 19.9. The molecule has 0 saturated carbocycles. The van der Waals surface area contributed by atoms with Gasteiger partial charge in [-0.1, -0.05) is 127 Å². The van der Waals surface area contributed by atoms with Crippen molar-refractivity contribution in [1.29, 1.82) is 0 Å². The van der Waals surface area contributed by atoms with Gasteiger partial charge in [-0.2, -0.15) is 0 Å². The first-order valence-corrected chi connectivity index (χ1v) is 16.3. The molecule has 0 bridgehead atoms. The molecule has 5 nitrogen and oxygen atoms in total. The lowest BCUT2D eigenvalue weighted by Crippen LogP contribution is -2.04. The Hall–Kier alpha value is -6.72. The van der Waals surface area contributed by atoms with Gasteiger partial charge in [-0.05, 0) is 53.6 Å². The minimum atomic E-state index is 0.599. The molecule has 9 aromatic rings. The molecule has 6 aromatic carbocycles. The highest BCUT2D eigenvalue weighted by atomic mass is 15.1. The molecule has 9 rings (SSSR count). The van der Waals surface area contributed by atoms with Crippen LogP contribution < -0.4 is 0 Å². The first-order chi connectivity index (χ1) is 24.3. The smallest absolute Gasteiger partial charge is 0.166 e. The Labute approximate surface area is 283 Å². The number of fused-ring (bicyclic) bond motifs is 3. The van der Waals surface area contributed by atoms with E-state index in [9.17, 15) is 0 Å². The second-order valence-corrected chi connectivity index (χ2v) is 11.9. The Morgan fingerprint density at radius 1 is 0.367 bits per heavy atom. The Morgan fingerprint density at radius 2 is 0.939 bits per heavy atom. The van der Waals surface area contributed by atoms with Gasteiger partial charge in [-0.25, -0.2) is 15.0 Å². The molecule has 0 fully saturated rings. The normalized spacial score (nSPS) is 11.3. The third kappa shape index (κ3) is 5.24. The molecule has 49 heavy (non-hydrogen) atoms. The fraction of sp³-hybridized carbons (Fsp3) is 0. The molecule has 0 radical (unpaired) electrons. The van der Waals surface area contributed by atoms with Crippen molar-refractivity contribution < 1.29 is 0 Å². The molecule has 0 aliphatic rings. The van der Waals surface area contributed by atoms with Crippen LogP contribution >= 0.6 is 0 Å². The largest absolute Gasteiger partial charge is 0.308 e. The summed E-state index contributed by atoms with van der Waals surface area (Å²) >= 11 is 0. The summed E-state index contributed by atoms with van der Waals surface area (Å²) in [6, 6.07) is 58.5. The molecular weight excluding hydrogens is 599 g/mol. The van der Waals surface area contributed by atoms with Crippen molar-refractivity contribution in [2.45, 2.75) is 0 Å². The van der Waals surface area contributed by atoms with E-state index in [0.717, 1.165) is 44.7 Å². The molecule has 0 amide bonds. The van der Waals surface area contributed by atoms with Crippen molar-refractivity contribution in [1.82, 2.24) is 24.5 Å². The van der Waals surface area contributed by atoms with E-state index in [1.54, 1.807) is 0 Å². The number of hydrogen-bond donors (Lipinski definition) is 0. The summed E-state index contributed by atoms with van der Waals surface area (Å²) in [5.41, 5.74) is 10.2. The number of nitrogens with zero attached hydrogens (tertiary/aromatic N) is 5. The molecule has 0 N–H and O–H groups in total. The van der Waals surface area contributed by atoms with Crippen molar-refractivity contribution in [2.75, 3.05) is 0 Å². The molecule has 0 unspecified atom stereocenters. The summed E-state index contributed by atoms with van der Waals surface area (Å²) in [5.74, 6) is 1.85. The topological polar surface area (TPSA) is 56.5 Å². The lowest BCUT2D eigenvalue weighted by molar-refractivity contribution is 1.06. The SMILES string of the molecule is c1ccc(-c2ccc3c(c2)c2ccccc2n3-c2cc(-c3ccccn3)ccc2-c2nc(-c3ccccc3)nc(-c3ccccc3)n2)cc1. The average molecular weight is 628 g/mol. The van der Waals surface area contributed by atoms with E-state index in [4.69, 9.17) is 19.9 Å². The van der Waals surface area contributed by atoms with Gasteiger partial charge in [-0.3, -0.25) is 4.98 Å². The monoisotopic (exact) mass is 627 g/mol. The van der Waals surface area contributed by atoms with Crippen molar-refractivity contribution in [3.63, 3.8) is 0 Å². The molecule has 0 saturated heterocycles. The first-order valence-electron chi connectivity index (χ1n) is 16.3. The number of hydrogen-bond acceptors (Lipinski definition) is 4. The highest BCUT2D eigenvalue weighted by molar-refractivity contribution is 6.11. The molecule has 0 spiro atoms. The second-order valence-electron chi connectivity index (χ2n) is 11.9. The fourth-order valence-electron chi connectivity index (χ4n) is 6.57. The molecule has 0 aliphatic carbocycles. The predicted molar refractivity (Wildman–Crippen MR) is 199 cm³/mol. The number of rotatable bonds is 6. The van der Waals surface area contributed by atoms with E-state index in [0.29, 0.717) is 17.5 Å². The number of aromatic nitrogens is 5. The summed E-state index contributed by atoms with van der Waals surface area (Å²) in [6.07, 6.45) is 1.83. The van der Waals surface area contributed by atoms with E-state index in [1.807, 2.05) is 85.1 Å². The van der Waals surface area contributed by atoms with Crippen molar-refractivity contribution in [3.05, 3.63) is 176 Å². The molecule has 230 valence electrons. The van der Waals surface area contributed by atoms with E-state index >= 15 is 0 Å². The summed E-state index contributed by atoms with van der Waals surface area (Å²) in [5, 5.41) is 2.35. The highest BCUT2D eigenvalue weighted by Crippen LogP contribution is 2.39. The van der Waals surface area contributed by atoms with Crippen LogP contribution in [0.4, 0.5) is 0 Å². The van der Waals surface area contributed by atoms with Crippen LogP contribution in [0, 0.1) is 0 Å². The van der Waals surface area contributed by atoms with E-state index in [1.165, 1.54) is 21.9 Å². The van der Waals surface area contributed by atoms with Crippen molar-refractivity contribution >= 4 is 21.8 Å². The van der Waals surface area contributed by atoms with Crippen molar-refractivity contribution in [3.8, 4) is 62.2 Å². The zero-order valence-electron chi connectivity index (χ0n) is 26.5. The fourth-order valence-corrected chi connectivity index (χ4v) is 6.57. The Balaban J connectivity index is 1.34. The number of para-hydroxylation sites is 1. The molecular formula is C44H29N5. The van der Waals surface area contributed by atoms with Crippen molar-refractivity contribution in [2.24, 2.45) is 0 Å². The van der Waals surface area contributed by atoms with Crippen LogP contribution in [0.3, 0.4) is 0 Å². The Bertz CT molecular complexity index is 2520. The minimum absolute atomic E-state index is 0.599. The van der Waals surface area contributed by atoms with E-state index in [2.05, 4.69) is 95.6 Å². The van der Waals surface area contributed by atoms with Crippen LogP contribution in [0.25, 0.3) is 84.0 Å². The zero-order chi connectivity index (χ0) is 32.6. The summed E-state index contributed by atoms with van der Waals surface area (Å²) in [7, 11) is 0. The van der Waals surface area contributed by atoms with Crippen LogP contribution in [0.1, 0.15) is 0 Å². The minimum Gasteiger partial charge on any atom is -0.308 e. The molecule has 0 atom stereocenters. The third-order valence-corrected chi connectivity index (χ3v) is 8.92. The third-order valence-electron chi connectivity index (χ3n) is 8.92. The quantitative estimate of drug-likeness (QED) is 0.184. The first kappa shape index (κ1) is 28.5. The van der Waals surface area contributed by atoms with Crippen LogP contribution in [-0.2, 0) is 0 Å². The standard InChI is InChI=1S/C44H29N5/c1-4-14-30(15-5-1)33-24-26-40-37(28-33)35-20-10-11-22-39(35)49(40)41-29-34(38-21-12-13-27-45-38)23-25-36(41)44-47-42(31-16-6-2-7-17-31)46-43(48-44)32-18-8-3-9-19-32/h1-29H. The predicted octanol–water partition coefficient (Wildman–Crippen LogP) is 10.7. The molecule has 5 heteroatoms. The lowest BCUT2D eigenvalue weighted by atomic mass is 10.0. The van der Waals surface area contributed by atoms with Gasteiger partial charge in [0.05, 0.1) is 22.4 Å². The zero-order valence-corrected chi connectivity index (χ0v) is 26.5. The number of benzene rings is 6. The van der Waals surface area contributed by atoms with Gasteiger partial charge in [0.2, 0.25) is 0 Å². The van der Waals surface area contributed by atoms with Gasteiger partial charge in [0, 0.05) is 39.2 Å². The van der Waals surface area contributed by atoms with Crippen LogP contribution in [0.2, 0.25) is 0 Å². The lowest BCUT2D eigenvalue weighted by Gasteiger charge is -2.16. The Morgan fingerprint density at radius 3 is 1.61 bits per heavy atom. The van der Waals surface area contributed by atoms with Gasteiger partial charge in [0.25, 0.3) is 0 Å². The maximum absolute atomic E-state index is 5.14. The molecule has 3 aromatic heterocycles. The maximum Gasteiger partial charge on any atom is 0.166 e. The molecule has 0 aliphatic heterocycles. The van der Waals surface area contributed by atoms with Gasteiger partial charge < -0.3 is 4.57 Å². The Kier molecular flexibility index (Phi) is 7.06. The average Bonchev–Trinajstić information content (AvgIpc) is 3.52. The maximum atomic E-state index is 5.14. The van der Waals surface area contributed by atoms with Gasteiger partial charge in [-0.15, -0.1) is 0 Å². The van der Waals surface area contributed by atoms with Gasteiger partial charge >= 0.3 is 0 Å². The van der Waals surface area contributed by atoms with Gasteiger partial charge in [0.1, 0.15) is 0 Å². The summed E-state index contributed by atoms with van der Waals surface area (Å²) < 4.78 is 2.34. The second kappa shape index (κ2) is 12.1. The number of pyridine rings is 1.